The van der Waals surface area contributed by atoms with Crippen LogP contribution in [0.4, 0.5) is 22.7 Å². The highest BCUT2D eigenvalue weighted by Gasteiger charge is 2.59. The van der Waals surface area contributed by atoms with Crippen LogP contribution in [-0.2, 0) is 12.8 Å². The first-order valence-electron chi connectivity index (χ1n) is 34.4. The zero-order chi connectivity index (χ0) is 64.2. The maximum atomic E-state index is 3.07. The average molecular weight is 1260 g/mol. The Labute approximate surface area is 569 Å². The second-order valence-corrected chi connectivity index (χ2v) is 30.3. The van der Waals surface area contributed by atoms with Gasteiger partial charge in [-0.1, -0.05) is 328 Å². The normalized spacial score (nSPS) is 14.8. The number of anilines is 4. The summed E-state index contributed by atoms with van der Waals surface area (Å²) in [5, 5.41) is 9.96. The zero-order valence-corrected chi connectivity index (χ0v) is 55.0. The van der Waals surface area contributed by atoms with Gasteiger partial charge in [-0.05, 0) is 189 Å². The Morgan fingerprint density at radius 1 is 0.289 bits per heavy atom. The average Bonchev–Trinajstić information content (AvgIpc) is 1.58. The maximum absolute atomic E-state index is 3.98. The van der Waals surface area contributed by atoms with E-state index < -0.39 is 8.40 Å². The monoisotopic (exact) mass is 1250 g/mol. The van der Waals surface area contributed by atoms with E-state index >= 15 is 0 Å². The molecule has 0 bridgehead atoms. The Hall–Kier alpha value is -11.6. The fourth-order valence-electron chi connectivity index (χ4n) is 16.9. The highest BCUT2D eigenvalue weighted by atomic mass is 28.3. The Morgan fingerprint density at radius 3 is 1.16 bits per heavy atom. The van der Waals surface area contributed by atoms with Crippen molar-refractivity contribution >= 4 is 74.2 Å². The summed E-state index contributed by atoms with van der Waals surface area (Å²) in [6.07, 6.45) is 2.46. The minimum absolute atomic E-state index is 0.0229. The van der Waals surface area contributed by atoms with Crippen molar-refractivity contribution in [2.24, 2.45) is 0 Å². The predicted molar refractivity (Wildman–Crippen MR) is 414 cm³/mol. The highest BCUT2D eigenvalue weighted by Crippen LogP contribution is 2.62. The molecule has 3 heteroatoms. The van der Waals surface area contributed by atoms with Crippen molar-refractivity contribution in [2.75, 3.05) is 9.13 Å². The van der Waals surface area contributed by atoms with E-state index in [1.54, 1.807) is 0 Å². The quantitative estimate of drug-likeness (QED) is 0.126. The van der Waals surface area contributed by atoms with E-state index in [1.807, 2.05) is 0 Å². The summed E-state index contributed by atoms with van der Waals surface area (Å²) >= 11 is 0. The summed E-state index contributed by atoms with van der Waals surface area (Å²) in [4.78, 5) is 0. The Morgan fingerprint density at radius 2 is 0.670 bits per heavy atom. The summed E-state index contributed by atoms with van der Waals surface area (Å²) in [7, 11) is -3.98. The minimum atomic E-state index is -3.98. The molecule has 2 heterocycles. The van der Waals surface area contributed by atoms with Crippen LogP contribution < -0.4 is 9.13 Å². The predicted octanol–water partition coefficient (Wildman–Crippen LogP) is 25.3. The molecular weight excluding hydrogens is 1190 g/mol. The Bertz CT molecular complexity index is 5460. The van der Waals surface area contributed by atoms with Gasteiger partial charge in [-0.25, -0.2) is 0 Å². The molecule has 2 aliphatic heterocycles. The summed E-state index contributed by atoms with van der Waals surface area (Å²) in [6.45, 7) is 0. The van der Waals surface area contributed by atoms with Crippen LogP contribution in [0, 0.1) is 0 Å². The number of fused-ring (bicyclic) bond motifs is 14. The van der Waals surface area contributed by atoms with Gasteiger partial charge in [0.25, 0.3) is 8.40 Å². The van der Waals surface area contributed by atoms with E-state index in [-0.39, 0.29) is 11.5 Å². The van der Waals surface area contributed by atoms with Gasteiger partial charge in [0.1, 0.15) is 0 Å². The van der Waals surface area contributed by atoms with Gasteiger partial charge in [-0.2, -0.15) is 0 Å². The van der Waals surface area contributed by atoms with Crippen LogP contribution >= 0.6 is 0 Å². The molecule has 2 nitrogen and oxygen atoms in total. The molecule has 97 heavy (non-hydrogen) atoms. The molecular formula is C94H70N2Si. The summed E-state index contributed by atoms with van der Waals surface area (Å²) < 4.78 is 6.13. The van der Waals surface area contributed by atoms with Gasteiger partial charge >= 0.3 is 0 Å². The van der Waals surface area contributed by atoms with Gasteiger partial charge in [0.2, 0.25) is 0 Å². The lowest BCUT2D eigenvalue weighted by Gasteiger charge is -2.55. The Kier molecular flexibility index (Phi) is 14.7. The van der Waals surface area contributed by atoms with E-state index in [1.165, 1.54) is 155 Å². The van der Waals surface area contributed by atoms with Crippen molar-refractivity contribution in [1.82, 2.24) is 0 Å². The lowest BCUT2D eigenvalue weighted by Crippen LogP contribution is -2.67. The molecule has 1 spiro atoms. The molecule has 0 saturated heterocycles. The van der Waals surface area contributed by atoms with E-state index in [0.29, 0.717) is 0 Å². The fourth-order valence-corrected chi connectivity index (χ4v) is 23.2. The highest BCUT2D eigenvalue weighted by molar-refractivity contribution is 6.90. The molecule has 0 saturated carbocycles. The molecule has 18 rings (SSSR count). The first-order chi connectivity index (χ1) is 48.1. The van der Waals surface area contributed by atoms with Crippen molar-refractivity contribution in [3.05, 3.63) is 386 Å². The van der Waals surface area contributed by atoms with Gasteiger partial charge in [-0.3, -0.25) is 0 Å². The number of nitrogens with zero attached hydrogens (tertiary/aromatic N) is 2. The van der Waals surface area contributed by atoms with Crippen LogP contribution in [-0.4, -0.2) is 8.40 Å². The van der Waals surface area contributed by atoms with Gasteiger partial charge in [-0.15, -0.1) is 0 Å². The van der Waals surface area contributed by atoms with Gasteiger partial charge in [0.15, 0.2) is 0 Å². The maximum Gasteiger partial charge on any atom is 0.281 e. The Balaban J connectivity index is 1.06. The molecule has 0 N–H and O–H groups in total. The summed E-state index contributed by atoms with van der Waals surface area (Å²) in [5.41, 5.74) is 25.0. The van der Waals surface area contributed by atoms with Crippen LogP contribution in [0.15, 0.2) is 364 Å². The second-order valence-electron chi connectivity index (χ2n) is 26.6. The van der Waals surface area contributed by atoms with E-state index in [2.05, 4.69) is 373 Å². The number of hydrogen-bond acceptors (Lipinski definition) is 2. The van der Waals surface area contributed by atoms with Crippen LogP contribution in [0.25, 0.3) is 110 Å². The largest absolute Gasteiger partial charge is 0.349 e. The van der Waals surface area contributed by atoms with E-state index in [0.717, 1.165) is 25.3 Å². The summed E-state index contributed by atoms with van der Waals surface area (Å²) in [5.74, 6) is -0.0229. The number of hydrogen-bond donors (Lipinski definition) is 0. The first-order valence-corrected chi connectivity index (χ1v) is 36.6. The molecule has 0 radical (unpaired) electrons. The van der Waals surface area contributed by atoms with E-state index in [4.69, 9.17) is 0 Å². The number of rotatable bonds is 10. The van der Waals surface area contributed by atoms with Crippen LogP contribution in [0.3, 0.4) is 0 Å². The zero-order valence-electron chi connectivity index (χ0n) is 54.0. The molecule has 460 valence electrons. The van der Waals surface area contributed by atoms with Crippen molar-refractivity contribution in [1.29, 1.82) is 0 Å². The van der Waals surface area contributed by atoms with Crippen LogP contribution in [0.5, 0.6) is 0 Å². The molecule has 0 amide bonds. The fraction of sp³-hybridized carbons (Fsp3) is 0.0638. The lowest BCUT2D eigenvalue weighted by molar-refractivity contribution is 0.699. The standard InChI is InChI=1S/C94H70N2Si/c1-5-26-66(27-6-1)74-38-21-25-65(59-74)49-58-90-87-55-52-71-35-14-18-46-84(71)92(87)91-79(51-50-70-34-13-17-45-83(70)91)61-80(76-40-22-39-75(60-76)67-28-7-2-8-29-67)64-97(90)95(81-43-23-41-77(62-81)68-30-9-3-10-31-68)88-56-53-72-36-15-19-47-85(72)93(88)94-86-48-20-16-37-73(86)54-57-89(94)96(97)82-44-24-42-78(63-82)69-32-11-4-12-33-69/h1-48,50-57,59-60,62-63,80,90H,49,58,61,64H2. The SMILES string of the molecule is c1ccc(-c2cccc(CCC3c4ccc5ccccc5c4-c4c(ccc5ccccc45)CC(c4cccc(-c5ccccc5)c4)C[Si]34N(c3cccc(-c5ccccc5)c3)c3ccc5ccccc5c3-c3c(ccc5ccccc35)N4c3cccc(-c4ccccc4)c3)c2)cc1. The first kappa shape index (κ1) is 58.0. The number of aryl methyl sites for hydroxylation is 1. The third kappa shape index (κ3) is 10.2. The summed E-state index contributed by atoms with van der Waals surface area (Å²) in [6, 6.07) is 140. The van der Waals surface area contributed by atoms with E-state index in [9.17, 15) is 0 Å². The van der Waals surface area contributed by atoms with Crippen molar-refractivity contribution < 1.29 is 0 Å². The molecule has 2 aliphatic rings. The molecule has 0 aliphatic carbocycles. The smallest absolute Gasteiger partial charge is 0.281 e. The third-order valence-corrected chi connectivity index (χ3v) is 26.5. The molecule has 0 fully saturated rings. The van der Waals surface area contributed by atoms with Crippen molar-refractivity contribution in [3.63, 3.8) is 0 Å². The van der Waals surface area contributed by atoms with Crippen LogP contribution in [0.1, 0.15) is 40.1 Å². The lowest BCUT2D eigenvalue weighted by atomic mass is 9.82. The van der Waals surface area contributed by atoms with Gasteiger partial charge < -0.3 is 9.13 Å². The molecule has 0 aromatic heterocycles. The second kappa shape index (κ2) is 24.6. The molecule has 2 atom stereocenters. The van der Waals surface area contributed by atoms with Crippen molar-refractivity contribution in [3.8, 4) is 66.8 Å². The molecule has 16 aromatic carbocycles. The molecule has 2 unspecified atom stereocenters. The van der Waals surface area contributed by atoms with Crippen LogP contribution in [0.2, 0.25) is 6.04 Å². The number of benzene rings is 16. The van der Waals surface area contributed by atoms with Gasteiger partial charge in [0, 0.05) is 39.4 Å². The van der Waals surface area contributed by atoms with Crippen molar-refractivity contribution in [2.45, 2.75) is 36.8 Å². The van der Waals surface area contributed by atoms with Gasteiger partial charge in [0.05, 0.1) is 0 Å². The minimum Gasteiger partial charge on any atom is -0.349 e. The third-order valence-electron chi connectivity index (χ3n) is 21.1. The topological polar surface area (TPSA) is 6.48 Å². The molecule has 16 aromatic rings.